The van der Waals surface area contributed by atoms with Crippen LogP contribution in [0.3, 0.4) is 0 Å². The summed E-state index contributed by atoms with van der Waals surface area (Å²) in [7, 11) is 0. The molecule has 0 aromatic heterocycles. The molecule has 0 unspecified atom stereocenters. The van der Waals surface area contributed by atoms with Gasteiger partial charge in [0, 0.05) is 18.2 Å². The van der Waals surface area contributed by atoms with Crippen molar-refractivity contribution in [2.24, 2.45) is 11.8 Å². The second-order valence-corrected chi connectivity index (χ2v) is 5.17. The molecular formula is C14H18FN. The normalized spacial score (nSPS) is 20.4. The van der Waals surface area contributed by atoms with Crippen molar-refractivity contribution in [3.63, 3.8) is 0 Å². The number of benzene rings is 1. The summed E-state index contributed by atoms with van der Waals surface area (Å²) in [6.45, 7) is 0.685. The third-order valence-corrected chi connectivity index (χ3v) is 3.75. The quantitative estimate of drug-likeness (QED) is 0.802. The molecule has 16 heavy (non-hydrogen) atoms. The van der Waals surface area contributed by atoms with E-state index in [-0.39, 0.29) is 5.82 Å². The van der Waals surface area contributed by atoms with Crippen LogP contribution in [-0.4, -0.2) is 6.04 Å². The van der Waals surface area contributed by atoms with E-state index in [0.29, 0.717) is 12.6 Å². The number of hydrogen-bond donors (Lipinski definition) is 1. The zero-order chi connectivity index (χ0) is 11.0. The van der Waals surface area contributed by atoms with Crippen molar-refractivity contribution in [2.45, 2.75) is 38.3 Å². The number of hydrogen-bond acceptors (Lipinski definition) is 1. The summed E-state index contributed by atoms with van der Waals surface area (Å²) in [4.78, 5) is 0. The molecule has 1 nitrogen and oxygen atoms in total. The van der Waals surface area contributed by atoms with Crippen molar-refractivity contribution in [1.29, 1.82) is 0 Å². The highest BCUT2D eigenvalue weighted by Gasteiger charge is 2.40. The fourth-order valence-electron chi connectivity index (χ4n) is 2.50. The molecule has 0 aliphatic heterocycles. The van der Waals surface area contributed by atoms with Gasteiger partial charge in [-0.2, -0.15) is 0 Å². The van der Waals surface area contributed by atoms with Crippen molar-refractivity contribution < 1.29 is 4.39 Å². The fraction of sp³-hybridized carbons (Fsp3) is 0.571. The number of rotatable bonds is 5. The summed E-state index contributed by atoms with van der Waals surface area (Å²) in [5.74, 6) is 1.67. The van der Waals surface area contributed by atoms with E-state index in [9.17, 15) is 4.39 Å². The molecule has 2 saturated carbocycles. The largest absolute Gasteiger partial charge is 0.309 e. The third-order valence-electron chi connectivity index (χ3n) is 3.75. The number of halogens is 1. The van der Waals surface area contributed by atoms with Gasteiger partial charge in [0.1, 0.15) is 5.82 Å². The van der Waals surface area contributed by atoms with Gasteiger partial charge in [0.25, 0.3) is 0 Å². The Morgan fingerprint density at radius 1 is 1.12 bits per heavy atom. The molecule has 2 aliphatic carbocycles. The minimum atomic E-state index is -0.0830. The summed E-state index contributed by atoms with van der Waals surface area (Å²) in [5, 5.41) is 3.56. The maximum Gasteiger partial charge on any atom is 0.127 e. The van der Waals surface area contributed by atoms with E-state index in [1.165, 1.54) is 25.7 Å². The first kappa shape index (κ1) is 10.3. The van der Waals surface area contributed by atoms with Crippen molar-refractivity contribution in [3.8, 4) is 0 Å². The molecular weight excluding hydrogens is 201 g/mol. The Kier molecular flexibility index (Phi) is 2.68. The topological polar surface area (TPSA) is 12.0 Å². The van der Waals surface area contributed by atoms with Gasteiger partial charge in [0.2, 0.25) is 0 Å². The minimum absolute atomic E-state index is 0.0830. The molecule has 0 radical (unpaired) electrons. The van der Waals surface area contributed by atoms with Crippen LogP contribution < -0.4 is 5.32 Å². The SMILES string of the molecule is Fc1ccccc1CNC(C1CC1)C1CC1. The van der Waals surface area contributed by atoms with E-state index in [2.05, 4.69) is 5.32 Å². The summed E-state index contributed by atoms with van der Waals surface area (Å²) >= 11 is 0. The predicted octanol–water partition coefficient (Wildman–Crippen LogP) is 3.10. The van der Waals surface area contributed by atoms with Gasteiger partial charge in [-0.05, 0) is 43.6 Å². The van der Waals surface area contributed by atoms with Crippen LogP contribution in [0.2, 0.25) is 0 Å². The maximum atomic E-state index is 13.4. The molecule has 0 saturated heterocycles. The second-order valence-electron chi connectivity index (χ2n) is 5.17. The summed E-state index contributed by atoms with van der Waals surface area (Å²) in [5.41, 5.74) is 0.800. The number of nitrogens with one attached hydrogen (secondary N) is 1. The van der Waals surface area contributed by atoms with Crippen LogP contribution in [0.15, 0.2) is 24.3 Å². The summed E-state index contributed by atoms with van der Waals surface area (Å²) in [6.07, 6.45) is 5.47. The molecule has 0 bridgehead atoms. The zero-order valence-corrected chi connectivity index (χ0v) is 9.45. The average Bonchev–Trinajstić information content (AvgIpc) is 3.15. The fourth-order valence-corrected chi connectivity index (χ4v) is 2.50. The first-order valence-electron chi connectivity index (χ1n) is 6.31. The maximum absolute atomic E-state index is 13.4. The van der Waals surface area contributed by atoms with Gasteiger partial charge in [0.15, 0.2) is 0 Å². The Bertz CT molecular complexity index is 357. The third kappa shape index (κ3) is 2.27. The first-order valence-corrected chi connectivity index (χ1v) is 6.31. The predicted molar refractivity (Wildman–Crippen MR) is 62.5 cm³/mol. The van der Waals surface area contributed by atoms with E-state index in [0.717, 1.165) is 17.4 Å². The first-order chi connectivity index (χ1) is 7.84. The lowest BCUT2D eigenvalue weighted by Crippen LogP contribution is -2.32. The van der Waals surface area contributed by atoms with Crippen molar-refractivity contribution in [2.75, 3.05) is 0 Å². The lowest BCUT2D eigenvalue weighted by molar-refractivity contribution is 0.411. The van der Waals surface area contributed by atoms with E-state index >= 15 is 0 Å². The van der Waals surface area contributed by atoms with Crippen molar-refractivity contribution in [1.82, 2.24) is 5.32 Å². The Labute approximate surface area is 96.1 Å². The Hall–Kier alpha value is -0.890. The van der Waals surface area contributed by atoms with Crippen LogP contribution in [0.5, 0.6) is 0 Å². The van der Waals surface area contributed by atoms with Crippen LogP contribution in [0.1, 0.15) is 31.2 Å². The van der Waals surface area contributed by atoms with Crippen LogP contribution in [-0.2, 0) is 6.54 Å². The minimum Gasteiger partial charge on any atom is -0.309 e. The second kappa shape index (κ2) is 4.17. The van der Waals surface area contributed by atoms with Crippen LogP contribution >= 0.6 is 0 Å². The molecule has 1 N–H and O–H groups in total. The van der Waals surface area contributed by atoms with E-state index in [1.54, 1.807) is 12.1 Å². The van der Waals surface area contributed by atoms with Crippen LogP contribution in [0, 0.1) is 17.7 Å². The van der Waals surface area contributed by atoms with Gasteiger partial charge in [-0.3, -0.25) is 0 Å². The molecule has 2 fully saturated rings. The molecule has 3 rings (SSSR count). The lowest BCUT2D eigenvalue weighted by atomic mass is 10.1. The highest BCUT2D eigenvalue weighted by Crippen LogP contribution is 2.44. The van der Waals surface area contributed by atoms with Gasteiger partial charge in [-0.1, -0.05) is 18.2 Å². The molecule has 1 aromatic carbocycles. The Balaban J connectivity index is 1.60. The van der Waals surface area contributed by atoms with Gasteiger partial charge in [-0.25, -0.2) is 4.39 Å². The smallest absolute Gasteiger partial charge is 0.127 e. The molecule has 86 valence electrons. The van der Waals surface area contributed by atoms with Crippen molar-refractivity contribution in [3.05, 3.63) is 35.6 Å². The van der Waals surface area contributed by atoms with Gasteiger partial charge < -0.3 is 5.32 Å². The molecule has 0 heterocycles. The summed E-state index contributed by atoms with van der Waals surface area (Å²) in [6, 6.07) is 7.72. The molecule has 0 spiro atoms. The summed E-state index contributed by atoms with van der Waals surface area (Å²) < 4.78 is 13.4. The standard InChI is InChI=1S/C14H18FN/c15-13-4-2-1-3-12(13)9-16-14(10-5-6-10)11-7-8-11/h1-4,10-11,14,16H,5-9H2. The average molecular weight is 219 g/mol. The van der Waals surface area contributed by atoms with Gasteiger partial charge >= 0.3 is 0 Å². The van der Waals surface area contributed by atoms with Gasteiger partial charge in [0.05, 0.1) is 0 Å². The Morgan fingerprint density at radius 3 is 2.31 bits per heavy atom. The van der Waals surface area contributed by atoms with E-state index in [1.807, 2.05) is 12.1 Å². The monoisotopic (exact) mass is 219 g/mol. The van der Waals surface area contributed by atoms with Crippen molar-refractivity contribution >= 4 is 0 Å². The zero-order valence-electron chi connectivity index (χ0n) is 9.45. The highest BCUT2D eigenvalue weighted by molar-refractivity contribution is 5.17. The molecule has 2 aliphatic rings. The van der Waals surface area contributed by atoms with E-state index < -0.39 is 0 Å². The van der Waals surface area contributed by atoms with Gasteiger partial charge in [-0.15, -0.1) is 0 Å². The van der Waals surface area contributed by atoms with E-state index in [4.69, 9.17) is 0 Å². The Morgan fingerprint density at radius 2 is 1.75 bits per heavy atom. The molecule has 2 heteroatoms. The van der Waals surface area contributed by atoms with Crippen LogP contribution in [0.4, 0.5) is 4.39 Å². The molecule has 1 aromatic rings. The molecule has 0 amide bonds. The highest BCUT2D eigenvalue weighted by atomic mass is 19.1. The molecule has 0 atom stereocenters. The van der Waals surface area contributed by atoms with Crippen LogP contribution in [0.25, 0.3) is 0 Å². The lowest BCUT2D eigenvalue weighted by Gasteiger charge is -2.17.